The Kier molecular flexibility index (Phi) is 46.8. The highest BCUT2D eigenvalue weighted by molar-refractivity contribution is 5.55. The van der Waals surface area contributed by atoms with Crippen LogP contribution in [0.4, 0.5) is 0 Å². The van der Waals surface area contributed by atoms with Gasteiger partial charge in [-0.1, -0.05) is 87.3 Å². The normalized spacial score (nSPS) is 10.7. The summed E-state index contributed by atoms with van der Waals surface area (Å²) in [7, 11) is 0. The fourth-order valence-corrected chi connectivity index (χ4v) is 7.21. The molecule has 90 heavy (non-hydrogen) atoms. The van der Waals surface area contributed by atoms with Crippen molar-refractivity contribution in [2.45, 2.75) is 19.8 Å². The van der Waals surface area contributed by atoms with Crippen molar-refractivity contribution in [3.05, 3.63) is 172 Å². The first-order valence-electron chi connectivity index (χ1n) is 29.9. The van der Waals surface area contributed by atoms with Crippen LogP contribution >= 0.6 is 0 Å². The van der Waals surface area contributed by atoms with Gasteiger partial charge in [0, 0.05) is 67.8 Å². The third-order valence-corrected chi connectivity index (χ3v) is 11.7. The van der Waals surface area contributed by atoms with Gasteiger partial charge in [0.15, 0.2) is 0 Å². The molecule has 0 saturated carbocycles. The van der Waals surface area contributed by atoms with Gasteiger partial charge in [-0.2, -0.15) is 0 Å². The summed E-state index contributed by atoms with van der Waals surface area (Å²) >= 11 is 0. The quantitative estimate of drug-likeness (QED) is 0.0131. The highest BCUT2D eigenvalue weighted by atomic mass is 16.6. The molecule has 0 fully saturated rings. The molecule has 4 aromatic rings. The van der Waals surface area contributed by atoms with Crippen LogP contribution < -0.4 is 0 Å². The molecule has 0 spiro atoms. The van der Waals surface area contributed by atoms with Gasteiger partial charge in [0.05, 0.1) is 211 Å². The average molecular weight is 1250 g/mol. The van der Waals surface area contributed by atoms with E-state index in [1.54, 1.807) is 0 Å². The number of nitrogens with zero attached hydrogens (tertiary/aromatic N) is 9. The predicted molar refractivity (Wildman–Crippen MR) is 335 cm³/mol. The minimum absolute atomic E-state index is 0.294. The third kappa shape index (κ3) is 42.7. The Hall–Kier alpha value is -7.15. The Morgan fingerprint density at radius 3 is 0.578 bits per heavy atom. The molecule has 0 aliphatic carbocycles. The van der Waals surface area contributed by atoms with E-state index in [1.807, 2.05) is 91.0 Å². The lowest BCUT2D eigenvalue weighted by atomic mass is 10.0. The number of benzene rings is 4. The molecular formula is C65H85N9O16. The van der Waals surface area contributed by atoms with Gasteiger partial charge < -0.3 is 75.8 Å². The maximum Gasteiger partial charge on any atom is 0.0718 e. The molecule has 4 rings (SSSR count). The van der Waals surface area contributed by atoms with Crippen molar-refractivity contribution in [2.75, 3.05) is 211 Å². The minimum Gasteiger partial charge on any atom is -0.379 e. The zero-order valence-corrected chi connectivity index (χ0v) is 51.5. The van der Waals surface area contributed by atoms with Gasteiger partial charge in [-0.25, -0.2) is 0 Å². The van der Waals surface area contributed by atoms with E-state index < -0.39 is 0 Å². The van der Waals surface area contributed by atoms with Crippen LogP contribution in [0.3, 0.4) is 0 Å². The summed E-state index contributed by atoms with van der Waals surface area (Å²) in [5, 5.41) is 10.3. The van der Waals surface area contributed by atoms with Crippen LogP contribution in [0.2, 0.25) is 0 Å². The number of ether oxygens (including phenoxy) is 16. The summed E-state index contributed by atoms with van der Waals surface area (Å²) in [4.78, 5) is 8.08. The standard InChI is InChI=1S/C65H85N9O16/c66-72-69-19-22-75-25-26-78-27-28-79-29-30-80-31-32-81-33-34-82-35-36-83-37-38-84-39-40-85-41-42-86-43-44-87-47-50-90-56-62-14-5-59(6-15-62)9-18-65-52-63(16-7-57-1-10-60(11-2-57)54-88-48-45-76-23-20-70-73-67)51-64(53-65)17-8-58-3-12-61(13-4-58)55-89-49-46-77-24-21-71-74-68/h1-6,10-15,51-53H,19-50,54-56H2. The van der Waals surface area contributed by atoms with Crippen LogP contribution in [-0.4, -0.2) is 211 Å². The second kappa shape index (κ2) is 55.9. The molecule has 0 bridgehead atoms. The fourth-order valence-electron chi connectivity index (χ4n) is 7.21. The largest absolute Gasteiger partial charge is 0.379 e. The Morgan fingerprint density at radius 1 is 0.222 bits per heavy atom. The lowest BCUT2D eigenvalue weighted by Crippen LogP contribution is -2.15. The third-order valence-electron chi connectivity index (χ3n) is 11.7. The summed E-state index contributed by atoms with van der Waals surface area (Å²) in [6, 6.07) is 29.6. The highest BCUT2D eigenvalue weighted by Crippen LogP contribution is 2.13. The van der Waals surface area contributed by atoms with Crippen molar-refractivity contribution in [3.63, 3.8) is 0 Å². The van der Waals surface area contributed by atoms with E-state index in [0.717, 1.165) is 50.1 Å². The van der Waals surface area contributed by atoms with Crippen LogP contribution in [-0.2, 0) is 95.6 Å². The minimum atomic E-state index is 0.294. The molecule has 0 saturated heterocycles. The molecule has 0 radical (unpaired) electrons. The summed E-state index contributed by atoms with van der Waals surface area (Å²) in [6.07, 6.45) is 0. The average Bonchev–Trinajstić information content (AvgIpc) is 3.70. The molecule has 4 aromatic carbocycles. The lowest BCUT2D eigenvalue weighted by molar-refractivity contribution is -0.0284. The van der Waals surface area contributed by atoms with Gasteiger partial charge in [-0.15, -0.1) is 0 Å². The zero-order chi connectivity index (χ0) is 63.4. The second-order valence-electron chi connectivity index (χ2n) is 18.6. The van der Waals surface area contributed by atoms with Gasteiger partial charge in [-0.3, -0.25) is 0 Å². The van der Waals surface area contributed by atoms with E-state index >= 15 is 0 Å². The Morgan fingerprint density at radius 2 is 0.389 bits per heavy atom. The van der Waals surface area contributed by atoms with E-state index in [-0.39, 0.29) is 0 Å². The van der Waals surface area contributed by atoms with Gasteiger partial charge >= 0.3 is 0 Å². The van der Waals surface area contributed by atoms with Crippen molar-refractivity contribution in [3.8, 4) is 35.5 Å². The maximum atomic E-state index is 8.37. The topological polar surface area (TPSA) is 294 Å². The number of hydrogen-bond acceptors (Lipinski definition) is 19. The molecule has 0 atom stereocenters. The summed E-state index contributed by atoms with van der Waals surface area (Å²) in [5.41, 5.74) is 32.9. The van der Waals surface area contributed by atoms with Crippen LogP contribution in [0.15, 0.2) is 106 Å². The van der Waals surface area contributed by atoms with E-state index in [0.29, 0.717) is 231 Å². The molecule has 0 unspecified atom stereocenters. The first-order valence-corrected chi connectivity index (χ1v) is 29.9. The molecule has 0 amide bonds. The molecule has 486 valence electrons. The summed E-state index contributed by atoms with van der Waals surface area (Å²) < 4.78 is 88.6. The molecule has 0 N–H and O–H groups in total. The van der Waals surface area contributed by atoms with Crippen LogP contribution in [0, 0.1) is 35.5 Å². The molecule has 0 aliphatic heterocycles. The van der Waals surface area contributed by atoms with Crippen LogP contribution in [0.1, 0.15) is 50.1 Å². The summed E-state index contributed by atoms with van der Waals surface area (Å²) in [5.74, 6) is 19.8. The van der Waals surface area contributed by atoms with Crippen molar-refractivity contribution >= 4 is 0 Å². The lowest BCUT2D eigenvalue weighted by Gasteiger charge is -2.09. The molecule has 0 aromatic heterocycles. The van der Waals surface area contributed by atoms with E-state index in [4.69, 9.17) is 92.4 Å². The summed E-state index contributed by atoms with van der Waals surface area (Å²) in [6.45, 7) is 15.3. The number of azide groups is 3. The maximum absolute atomic E-state index is 8.37. The van der Waals surface area contributed by atoms with E-state index in [9.17, 15) is 0 Å². The Labute approximate surface area is 528 Å². The van der Waals surface area contributed by atoms with E-state index in [2.05, 4.69) is 65.6 Å². The van der Waals surface area contributed by atoms with Gasteiger partial charge in [-0.05, 0) is 87.9 Å². The van der Waals surface area contributed by atoms with Crippen molar-refractivity contribution in [1.82, 2.24) is 0 Å². The molecule has 25 nitrogen and oxygen atoms in total. The highest BCUT2D eigenvalue weighted by Gasteiger charge is 2.03. The van der Waals surface area contributed by atoms with Crippen molar-refractivity contribution < 1.29 is 75.8 Å². The Balaban J connectivity index is 1.03. The molecule has 0 heterocycles. The first kappa shape index (κ1) is 75.3. The molecule has 25 heteroatoms. The molecule has 0 aliphatic rings. The van der Waals surface area contributed by atoms with Gasteiger partial charge in [0.25, 0.3) is 0 Å². The monoisotopic (exact) mass is 1250 g/mol. The van der Waals surface area contributed by atoms with Gasteiger partial charge in [0.2, 0.25) is 0 Å². The second-order valence-corrected chi connectivity index (χ2v) is 18.6. The van der Waals surface area contributed by atoms with Crippen LogP contribution in [0.25, 0.3) is 31.3 Å². The first-order chi connectivity index (χ1) is 44.6. The zero-order valence-electron chi connectivity index (χ0n) is 51.5. The van der Waals surface area contributed by atoms with Crippen LogP contribution in [0.5, 0.6) is 0 Å². The SMILES string of the molecule is [N-]=[N+]=NCCOCCOCCOCCOCCOCCOCCOCCOCCOCCOCCOCCOCc1ccc(C#Cc2cc(C#Cc3ccc(COCCOCCN=[N+]=[N-])cc3)cc(C#Cc3ccc(COCCOCCN=[N+]=[N-])cc3)c2)cc1. The smallest absolute Gasteiger partial charge is 0.0718 e. The van der Waals surface area contributed by atoms with Crippen molar-refractivity contribution in [2.24, 2.45) is 15.3 Å². The van der Waals surface area contributed by atoms with Crippen molar-refractivity contribution in [1.29, 1.82) is 0 Å². The molecular weight excluding hydrogens is 1160 g/mol. The predicted octanol–water partition coefficient (Wildman–Crippen LogP) is 8.58. The number of rotatable bonds is 54. The van der Waals surface area contributed by atoms with Gasteiger partial charge in [0.1, 0.15) is 0 Å². The van der Waals surface area contributed by atoms with E-state index in [1.165, 1.54) is 0 Å². The number of hydrogen-bond donors (Lipinski definition) is 0. The Bertz CT molecular complexity index is 2710. The fraction of sp³-hybridized carbons (Fsp3) is 0.538.